The van der Waals surface area contributed by atoms with Crippen molar-refractivity contribution in [1.82, 2.24) is 0 Å². The summed E-state index contributed by atoms with van der Waals surface area (Å²) in [5.41, 5.74) is 20.7. The Morgan fingerprint density at radius 3 is 1.50 bits per heavy atom. The van der Waals surface area contributed by atoms with Gasteiger partial charge in [0.2, 0.25) is 0 Å². The van der Waals surface area contributed by atoms with E-state index in [1.807, 2.05) is 49.5 Å². The molecule has 1 aliphatic rings. The minimum Gasteiger partial charge on any atom is -0.388 e. The molecule has 0 saturated heterocycles. The normalized spacial score (nSPS) is 12.8. The maximum absolute atomic E-state index is 4.17. The number of fused-ring (bicyclic) bond motifs is 5. The van der Waals surface area contributed by atoms with Gasteiger partial charge in [0.05, 0.1) is 0 Å². The summed E-state index contributed by atoms with van der Waals surface area (Å²) in [6, 6.07) is 81.3. The van der Waals surface area contributed by atoms with Crippen molar-refractivity contribution in [3.05, 3.63) is 272 Å². The molecule has 0 atom stereocenters. The smallest absolute Gasteiger partial charge is 0.0413 e. The van der Waals surface area contributed by atoms with Gasteiger partial charge in [-0.25, -0.2) is 0 Å². The molecule has 1 heteroatoms. The highest BCUT2D eigenvalue weighted by molar-refractivity contribution is 6.23. The van der Waals surface area contributed by atoms with Gasteiger partial charge in [0.1, 0.15) is 0 Å². The fraction of sp³-hybridized carbons (Fsp3) is 0.0746. The number of nitrogens with one attached hydrogen (secondary N) is 1. The third-order valence-electron chi connectivity index (χ3n) is 13.7. The minimum absolute atomic E-state index is 0.158. The van der Waals surface area contributed by atoms with Gasteiger partial charge in [0.15, 0.2) is 0 Å². The lowest BCUT2D eigenvalue weighted by atomic mass is 9.79. The average Bonchev–Trinajstić information content (AvgIpc) is 3.62. The van der Waals surface area contributed by atoms with Gasteiger partial charge in [-0.15, -0.1) is 0 Å². The van der Waals surface area contributed by atoms with Crippen molar-refractivity contribution in [2.75, 3.05) is 12.4 Å². The first-order valence-electron chi connectivity index (χ1n) is 23.6. The molecule has 10 aromatic rings. The van der Waals surface area contributed by atoms with Crippen LogP contribution in [-0.4, -0.2) is 7.05 Å². The first kappa shape index (κ1) is 43.6. The molecule has 0 aliphatic heterocycles. The predicted octanol–water partition coefficient (Wildman–Crippen LogP) is 18.4. The lowest BCUT2D eigenvalue weighted by Crippen LogP contribution is -2.14. The molecule has 0 spiro atoms. The van der Waals surface area contributed by atoms with E-state index in [1.54, 1.807) is 0 Å². The fourth-order valence-corrected chi connectivity index (χ4v) is 10.2. The topological polar surface area (TPSA) is 12.0 Å². The molecule has 0 heterocycles. The molecule has 0 aromatic heterocycles. The van der Waals surface area contributed by atoms with Crippen LogP contribution in [0.2, 0.25) is 0 Å². The molecule has 0 amide bonds. The highest BCUT2D eigenvalue weighted by atomic mass is 14.8. The molecular weight excluding hydrogens is 819 g/mol. The molecular formula is C67H55N. The lowest BCUT2D eigenvalue weighted by Gasteiger charge is -2.24. The molecule has 0 fully saturated rings. The molecule has 1 N–H and O–H groups in total. The summed E-state index contributed by atoms with van der Waals surface area (Å²) in [4.78, 5) is 0. The van der Waals surface area contributed by atoms with Gasteiger partial charge in [-0.1, -0.05) is 239 Å². The SMILES string of the molecule is C=C/C=C(\C=C(/C)c1ccccc1NC)c1ccc2c(-c3ccc(-c4ccccc4)cc3)c3cc4c(cc3c(-c3ccc(-c5ccccc5)cc3)c2c1)C(C)(C)c1ccccc1-4.c1ccccc1. The van der Waals surface area contributed by atoms with E-state index < -0.39 is 0 Å². The highest BCUT2D eigenvalue weighted by Crippen LogP contribution is 2.53. The standard InChI is InChI=1S/C61H49N.C6H6/c1-6-17-47(36-40(2)49-22-14-16-25-58(49)62-5)48-34-35-51-53(37-48)60(46-32-28-44(29-33-46)42-20-11-8-12-21-42)55-39-57-52(50-23-13-15-24-56(50)61(57,3)4)38-54(55)59(51)45-30-26-43(27-31-45)41-18-9-7-10-19-41;1-2-4-6-5-3-1/h6-39,62H,1H2,2-5H3;1-6H/b40-36+,47-17+;. The van der Waals surface area contributed by atoms with Crippen LogP contribution in [0.15, 0.2) is 249 Å². The minimum atomic E-state index is -0.158. The van der Waals surface area contributed by atoms with E-state index in [1.165, 1.54) is 99.4 Å². The van der Waals surface area contributed by atoms with Gasteiger partial charge in [-0.2, -0.15) is 0 Å². The molecule has 0 unspecified atom stereocenters. The molecule has 0 bridgehead atoms. The Morgan fingerprint density at radius 1 is 0.441 bits per heavy atom. The van der Waals surface area contributed by atoms with Crippen molar-refractivity contribution in [2.24, 2.45) is 0 Å². The molecule has 1 aliphatic carbocycles. The molecule has 328 valence electrons. The van der Waals surface area contributed by atoms with Gasteiger partial charge >= 0.3 is 0 Å². The highest BCUT2D eigenvalue weighted by Gasteiger charge is 2.36. The van der Waals surface area contributed by atoms with Gasteiger partial charge in [-0.3, -0.25) is 0 Å². The van der Waals surface area contributed by atoms with E-state index in [4.69, 9.17) is 0 Å². The van der Waals surface area contributed by atoms with Gasteiger partial charge in [-0.05, 0) is 136 Å². The Balaban J connectivity index is 0.000000835. The van der Waals surface area contributed by atoms with Crippen LogP contribution in [0.3, 0.4) is 0 Å². The monoisotopic (exact) mass is 873 g/mol. The summed E-state index contributed by atoms with van der Waals surface area (Å²) in [6.07, 6.45) is 6.34. The average molecular weight is 874 g/mol. The van der Waals surface area contributed by atoms with Gasteiger partial charge < -0.3 is 5.32 Å². The number of benzene rings is 10. The van der Waals surface area contributed by atoms with Gasteiger partial charge in [0, 0.05) is 23.7 Å². The van der Waals surface area contributed by atoms with Crippen LogP contribution in [0.5, 0.6) is 0 Å². The molecule has 0 saturated carbocycles. The third kappa shape index (κ3) is 8.29. The summed E-state index contributed by atoms with van der Waals surface area (Å²) in [5, 5.41) is 8.34. The van der Waals surface area contributed by atoms with E-state index in [0.717, 1.165) is 16.8 Å². The quantitative estimate of drug-likeness (QED) is 0.113. The molecule has 0 radical (unpaired) electrons. The first-order valence-corrected chi connectivity index (χ1v) is 23.6. The van der Waals surface area contributed by atoms with Crippen LogP contribution >= 0.6 is 0 Å². The molecule has 68 heavy (non-hydrogen) atoms. The number of rotatable bonds is 9. The predicted molar refractivity (Wildman–Crippen MR) is 295 cm³/mol. The van der Waals surface area contributed by atoms with E-state index >= 15 is 0 Å². The first-order chi connectivity index (χ1) is 33.3. The van der Waals surface area contributed by atoms with Crippen LogP contribution in [0, 0.1) is 0 Å². The number of hydrogen-bond donors (Lipinski definition) is 1. The largest absolute Gasteiger partial charge is 0.388 e. The van der Waals surface area contributed by atoms with E-state index in [2.05, 4.69) is 233 Å². The van der Waals surface area contributed by atoms with E-state index in [9.17, 15) is 0 Å². The zero-order chi connectivity index (χ0) is 46.6. The summed E-state index contributed by atoms with van der Waals surface area (Å²) < 4.78 is 0. The second-order valence-electron chi connectivity index (χ2n) is 18.1. The molecule has 11 rings (SSSR count). The summed E-state index contributed by atoms with van der Waals surface area (Å²) in [6.45, 7) is 11.1. The van der Waals surface area contributed by atoms with E-state index in [-0.39, 0.29) is 5.41 Å². The Hall–Kier alpha value is -8.26. The number of hydrogen-bond acceptors (Lipinski definition) is 1. The summed E-state index contributed by atoms with van der Waals surface area (Å²) >= 11 is 0. The molecule has 1 nitrogen and oxygen atoms in total. The van der Waals surface area contributed by atoms with Crippen LogP contribution in [0.4, 0.5) is 5.69 Å². The van der Waals surface area contributed by atoms with Crippen LogP contribution in [0.25, 0.3) is 88.3 Å². The Bertz CT molecular complexity index is 3460. The van der Waals surface area contributed by atoms with Crippen molar-refractivity contribution < 1.29 is 0 Å². The van der Waals surface area contributed by atoms with Crippen molar-refractivity contribution in [2.45, 2.75) is 26.2 Å². The number of anilines is 1. The van der Waals surface area contributed by atoms with Gasteiger partial charge in [0.25, 0.3) is 0 Å². The summed E-state index contributed by atoms with van der Waals surface area (Å²) in [5.74, 6) is 0. The zero-order valence-electron chi connectivity index (χ0n) is 39.3. The Kier molecular flexibility index (Phi) is 12.1. The maximum atomic E-state index is 4.17. The van der Waals surface area contributed by atoms with Crippen molar-refractivity contribution in [3.8, 4) is 55.6 Å². The van der Waals surface area contributed by atoms with Crippen molar-refractivity contribution in [1.29, 1.82) is 0 Å². The lowest BCUT2D eigenvalue weighted by molar-refractivity contribution is 0.661. The second-order valence-corrected chi connectivity index (χ2v) is 18.1. The third-order valence-corrected chi connectivity index (χ3v) is 13.7. The number of allylic oxidation sites excluding steroid dienone is 5. The van der Waals surface area contributed by atoms with Crippen LogP contribution < -0.4 is 5.32 Å². The van der Waals surface area contributed by atoms with E-state index in [0.29, 0.717) is 0 Å². The number of para-hydroxylation sites is 1. The second kappa shape index (κ2) is 18.9. The zero-order valence-corrected chi connectivity index (χ0v) is 39.3. The van der Waals surface area contributed by atoms with Crippen LogP contribution in [0.1, 0.15) is 43.0 Å². The van der Waals surface area contributed by atoms with Crippen molar-refractivity contribution >= 4 is 38.4 Å². The van der Waals surface area contributed by atoms with Crippen molar-refractivity contribution in [3.63, 3.8) is 0 Å². The van der Waals surface area contributed by atoms with Crippen LogP contribution in [-0.2, 0) is 5.41 Å². The maximum Gasteiger partial charge on any atom is 0.0413 e. The summed E-state index contributed by atoms with van der Waals surface area (Å²) in [7, 11) is 1.98. The Labute approximate surface area is 402 Å². The molecule has 10 aromatic carbocycles. The Morgan fingerprint density at radius 2 is 0.912 bits per heavy atom. The fourth-order valence-electron chi connectivity index (χ4n) is 10.2.